The summed E-state index contributed by atoms with van der Waals surface area (Å²) in [6.45, 7) is 2.41. The van der Waals surface area contributed by atoms with Crippen molar-refractivity contribution in [1.29, 1.82) is 0 Å². The van der Waals surface area contributed by atoms with Gasteiger partial charge in [0, 0.05) is 25.2 Å². The molecule has 0 aliphatic heterocycles. The molecule has 7 heteroatoms. The molecule has 0 aromatic heterocycles. The van der Waals surface area contributed by atoms with Crippen molar-refractivity contribution in [3.05, 3.63) is 59.7 Å². The highest BCUT2D eigenvalue weighted by Gasteiger charge is 2.18. The maximum Gasteiger partial charge on any atom is 0.225 e. The molecule has 146 valence electrons. The van der Waals surface area contributed by atoms with Crippen molar-refractivity contribution in [3.8, 4) is 5.75 Å². The predicted molar refractivity (Wildman–Crippen MR) is 108 cm³/mol. The first-order valence-corrected chi connectivity index (χ1v) is 10.6. The van der Waals surface area contributed by atoms with E-state index in [2.05, 4.69) is 5.32 Å². The van der Waals surface area contributed by atoms with E-state index in [9.17, 15) is 13.2 Å². The zero-order valence-corrected chi connectivity index (χ0v) is 16.8. The Morgan fingerprint density at radius 3 is 2.41 bits per heavy atom. The number of benzene rings is 2. The molecule has 0 bridgehead atoms. The van der Waals surface area contributed by atoms with Crippen LogP contribution in [0.25, 0.3) is 0 Å². The lowest BCUT2D eigenvalue weighted by molar-refractivity contribution is -0.116. The van der Waals surface area contributed by atoms with E-state index in [0.29, 0.717) is 18.7 Å². The number of carbonyl (C=O) groups is 1. The maximum atomic E-state index is 12.2. The number of aryl methyl sites for hydroxylation is 1. The number of ether oxygens (including phenoxy) is 1. The zero-order valence-electron chi connectivity index (χ0n) is 15.9. The average molecular weight is 391 g/mol. The van der Waals surface area contributed by atoms with Crippen LogP contribution in [0.2, 0.25) is 0 Å². The van der Waals surface area contributed by atoms with E-state index in [1.807, 2.05) is 55.5 Å². The molecule has 0 atom stereocenters. The number of hydrogen-bond acceptors (Lipinski definition) is 4. The summed E-state index contributed by atoms with van der Waals surface area (Å²) in [6.07, 6.45) is 1.83. The van der Waals surface area contributed by atoms with Crippen LogP contribution >= 0.6 is 0 Å². The van der Waals surface area contributed by atoms with Crippen LogP contribution in [0.4, 0.5) is 5.69 Å². The minimum atomic E-state index is -3.39. The molecule has 0 aliphatic rings. The maximum absolute atomic E-state index is 12.2. The zero-order chi connectivity index (χ0) is 19.9. The minimum absolute atomic E-state index is 0.101. The molecule has 27 heavy (non-hydrogen) atoms. The molecule has 0 radical (unpaired) electrons. The quantitative estimate of drug-likeness (QED) is 0.714. The molecule has 0 unspecified atom stereocenters. The highest BCUT2D eigenvalue weighted by atomic mass is 32.2. The van der Waals surface area contributed by atoms with Gasteiger partial charge < -0.3 is 10.1 Å². The number of sulfonamides is 1. The van der Waals surface area contributed by atoms with Gasteiger partial charge >= 0.3 is 0 Å². The van der Waals surface area contributed by atoms with Crippen molar-refractivity contribution in [1.82, 2.24) is 4.31 Å². The topological polar surface area (TPSA) is 75.7 Å². The normalized spacial score (nSPS) is 11.4. The van der Waals surface area contributed by atoms with Crippen LogP contribution in [0, 0.1) is 6.92 Å². The van der Waals surface area contributed by atoms with Gasteiger partial charge in [0.2, 0.25) is 15.9 Å². The van der Waals surface area contributed by atoms with E-state index < -0.39 is 10.0 Å². The Hall–Kier alpha value is -2.38. The van der Waals surface area contributed by atoms with Crippen LogP contribution in [-0.4, -0.2) is 45.1 Å². The van der Waals surface area contributed by atoms with Gasteiger partial charge in [-0.25, -0.2) is 12.7 Å². The fourth-order valence-corrected chi connectivity index (χ4v) is 3.51. The Labute approximate surface area is 161 Å². The van der Waals surface area contributed by atoms with Crippen LogP contribution in [0.1, 0.15) is 17.5 Å². The van der Waals surface area contributed by atoms with Crippen LogP contribution in [0.3, 0.4) is 0 Å². The number of rotatable bonds is 9. The van der Waals surface area contributed by atoms with Gasteiger partial charge in [0.1, 0.15) is 5.75 Å². The average Bonchev–Trinajstić information content (AvgIpc) is 2.61. The summed E-state index contributed by atoms with van der Waals surface area (Å²) in [5, 5.41) is 2.80. The van der Waals surface area contributed by atoms with E-state index in [0.717, 1.165) is 16.9 Å². The van der Waals surface area contributed by atoms with Gasteiger partial charge in [0.15, 0.2) is 0 Å². The van der Waals surface area contributed by atoms with Crippen LogP contribution in [0.5, 0.6) is 5.75 Å². The number of carbonyl (C=O) groups excluding carboxylic acids is 1. The van der Waals surface area contributed by atoms with Crippen molar-refractivity contribution < 1.29 is 17.9 Å². The molecule has 0 fully saturated rings. The summed E-state index contributed by atoms with van der Waals surface area (Å²) < 4.78 is 30.5. The van der Waals surface area contributed by atoms with E-state index in [4.69, 9.17) is 4.74 Å². The van der Waals surface area contributed by atoms with Crippen molar-refractivity contribution in [2.24, 2.45) is 0 Å². The molecule has 6 nitrogen and oxygen atoms in total. The van der Waals surface area contributed by atoms with Crippen molar-refractivity contribution in [2.75, 3.05) is 31.8 Å². The van der Waals surface area contributed by atoms with Crippen molar-refractivity contribution in [2.45, 2.75) is 19.8 Å². The lowest BCUT2D eigenvalue weighted by Gasteiger charge is -2.20. The van der Waals surface area contributed by atoms with E-state index in [-0.39, 0.29) is 18.9 Å². The van der Waals surface area contributed by atoms with Gasteiger partial charge in [-0.05, 0) is 48.7 Å². The summed E-state index contributed by atoms with van der Waals surface area (Å²) in [7, 11) is -1.80. The second-order valence-electron chi connectivity index (χ2n) is 6.43. The lowest BCUT2D eigenvalue weighted by atomic mass is 10.1. The first-order chi connectivity index (χ1) is 12.8. The first kappa shape index (κ1) is 20.9. The molecule has 2 aromatic carbocycles. The third kappa shape index (κ3) is 7.03. The fourth-order valence-electron chi connectivity index (χ4n) is 2.66. The first-order valence-electron chi connectivity index (χ1n) is 8.72. The van der Waals surface area contributed by atoms with Crippen LogP contribution < -0.4 is 10.1 Å². The van der Waals surface area contributed by atoms with Crippen LogP contribution in [0.15, 0.2) is 48.5 Å². The largest absolute Gasteiger partial charge is 0.497 e. The number of anilines is 1. The van der Waals surface area contributed by atoms with Gasteiger partial charge in [-0.15, -0.1) is 0 Å². The number of methoxy groups -OCH3 is 1. The monoisotopic (exact) mass is 390 g/mol. The molecule has 0 heterocycles. The minimum Gasteiger partial charge on any atom is -0.497 e. The van der Waals surface area contributed by atoms with Gasteiger partial charge in [-0.3, -0.25) is 4.79 Å². The van der Waals surface area contributed by atoms with Crippen molar-refractivity contribution >= 4 is 21.6 Å². The van der Waals surface area contributed by atoms with E-state index in [1.54, 1.807) is 7.11 Å². The third-order valence-electron chi connectivity index (χ3n) is 4.17. The number of hydrogen-bond donors (Lipinski definition) is 1. The molecule has 0 saturated heterocycles. The van der Waals surface area contributed by atoms with Crippen LogP contribution in [-0.2, 0) is 21.2 Å². The second kappa shape index (κ2) is 9.53. The summed E-state index contributed by atoms with van der Waals surface area (Å²) >= 11 is 0. The molecular weight excluding hydrogens is 364 g/mol. The van der Waals surface area contributed by atoms with E-state index >= 15 is 0 Å². The Bertz CT molecular complexity index is 864. The fraction of sp³-hybridized carbons (Fsp3) is 0.350. The Balaban J connectivity index is 1.91. The smallest absolute Gasteiger partial charge is 0.225 e. The SMILES string of the molecule is COc1ccc(CCN(CCC(=O)Nc2cccc(C)c2)S(C)(=O)=O)cc1. The summed E-state index contributed by atoms with van der Waals surface area (Å²) in [6, 6.07) is 15.0. The predicted octanol–water partition coefficient (Wildman–Crippen LogP) is 2.84. The Kier molecular flexibility index (Phi) is 7.38. The van der Waals surface area contributed by atoms with E-state index in [1.165, 1.54) is 10.6 Å². The summed E-state index contributed by atoms with van der Waals surface area (Å²) in [5.41, 5.74) is 2.77. The van der Waals surface area contributed by atoms with Gasteiger partial charge in [-0.2, -0.15) is 0 Å². The molecule has 1 amide bonds. The second-order valence-corrected chi connectivity index (χ2v) is 8.41. The lowest BCUT2D eigenvalue weighted by Crippen LogP contribution is -2.34. The Morgan fingerprint density at radius 1 is 1.11 bits per heavy atom. The highest BCUT2D eigenvalue weighted by molar-refractivity contribution is 7.88. The molecule has 2 rings (SSSR count). The Morgan fingerprint density at radius 2 is 1.81 bits per heavy atom. The highest BCUT2D eigenvalue weighted by Crippen LogP contribution is 2.13. The molecule has 1 N–H and O–H groups in total. The van der Waals surface area contributed by atoms with Gasteiger partial charge in [0.25, 0.3) is 0 Å². The standard InChI is InChI=1S/C20H26N2O4S/c1-16-5-4-6-18(15-16)21-20(23)12-14-22(27(3,24)25)13-11-17-7-9-19(26-2)10-8-17/h4-10,15H,11-14H2,1-3H3,(H,21,23). The summed E-state index contributed by atoms with van der Waals surface area (Å²) in [5.74, 6) is 0.547. The summed E-state index contributed by atoms with van der Waals surface area (Å²) in [4.78, 5) is 12.2. The third-order valence-corrected chi connectivity index (χ3v) is 5.47. The molecule has 0 aliphatic carbocycles. The van der Waals surface area contributed by atoms with Crippen molar-refractivity contribution in [3.63, 3.8) is 0 Å². The van der Waals surface area contributed by atoms with Gasteiger partial charge in [-0.1, -0.05) is 24.3 Å². The number of nitrogens with one attached hydrogen (secondary N) is 1. The molecule has 2 aromatic rings. The number of nitrogens with zero attached hydrogens (tertiary/aromatic N) is 1. The molecule has 0 saturated carbocycles. The molecular formula is C20H26N2O4S. The molecule has 0 spiro atoms. The number of amides is 1. The van der Waals surface area contributed by atoms with Gasteiger partial charge in [0.05, 0.1) is 13.4 Å².